The van der Waals surface area contributed by atoms with Gasteiger partial charge in [-0.1, -0.05) is 0 Å². The van der Waals surface area contributed by atoms with Crippen LogP contribution in [0.4, 0.5) is 5.69 Å². The number of anilines is 1. The summed E-state index contributed by atoms with van der Waals surface area (Å²) in [5.41, 5.74) is 6.80. The maximum Gasteiger partial charge on any atom is 0.0737 e. The van der Waals surface area contributed by atoms with Crippen molar-refractivity contribution in [3.05, 3.63) is 18.5 Å². The first-order valence-corrected chi connectivity index (χ1v) is 7.73. The number of hydrogen-bond donors (Lipinski definition) is 1. The fourth-order valence-corrected chi connectivity index (χ4v) is 4.14. The maximum absolute atomic E-state index is 6.07. The third-order valence-electron chi connectivity index (χ3n) is 3.96. The largest absolute Gasteiger partial charge is 0.397 e. The number of ether oxygens (including phenoxy) is 2. The molecule has 1 unspecified atom stereocenters. The van der Waals surface area contributed by atoms with Crippen LogP contribution in [0.1, 0.15) is 25.7 Å². The standard InChI is InChI=1S/C14H20N2O2S/c15-12-10-16-5-1-13(12)19-11-2-6-18-14(9-11)3-7-17-8-4-14/h1,5,10-11H,2-4,6-9,15H2. The summed E-state index contributed by atoms with van der Waals surface area (Å²) < 4.78 is 11.5. The minimum absolute atomic E-state index is 0.0515. The molecule has 0 aromatic carbocycles. The van der Waals surface area contributed by atoms with Gasteiger partial charge in [0.15, 0.2) is 0 Å². The highest BCUT2D eigenvalue weighted by Crippen LogP contribution is 2.41. The second-order valence-electron chi connectivity index (χ2n) is 5.29. The first kappa shape index (κ1) is 13.2. The smallest absolute Gasteiger partial charge is 0.0737 e. The Kier molecular flexibility index (Phi) is 3.96. The number of rotatable bonds is 2. The molecule has 0 bridgehead atoms. The monoisotopic (exact) mass is 280 g/mol. The lowest BCUT2D eigenvalue weighted by Crippen LogP contribution is -2.45. The van der Waals surface area contributed by atoms with Crippen molar-refractivity contribution in [3.8, 4) is 0 Å². The molecule has 104 valence electrons. The van der Waals surface area contributed by atoms with Crippen LogP contribution in [0.25, 0.3) is 0 Å². The van der Waals surface area contributed by atoms with Crippen molar-refractivity contribution in [1.29, 1.82) is 0 Å². The number of nitrogen functional groups attached to an aromatic ring is 1. The molecule has 2 aliphatic heterocycles. The van der Waals surface area contributed by atoms with Crippen LogP contribution in [0.5, 0.6) is 0 Å². The molecule has 2 saturated heterocycles. The highest BCUT2D eigenvalue weighted by molar-refractivity contribution is 8.00. The van der Waals surface area contributed by atoms with Crippen molar-refractivity contribution in [1.82, 2.24) is 4.98 Å². The Morgan fingerprint density at radius 3 is 2.95 bits per heavy atom. The average Bonchev–Trinajstić information content (AvgIpc) is 2.42. The summed E-state index contributed by atoms with van der Waals surface area (Å²) >= 11 is 1.87. The van der Waals surface area contributed by atoms with Crippen LogP contribution in [0.2, 0.25) is 0 Å². The lowest BCUT2D eigenvalue weighted by Gasteiger charge is -2.43. The molecule has 19 heavy (non-hydrogen) atoms. The molecule has 0 saturated carbocycles. The quantitative estimate of drug-likeness (QED) is 0.902. The molecular formula is C14H20N2O2S. The van der Waals surface area contributed by atoms with Gasteiger partial charge in [-0.2, -0.15) is 0 Å². The Balaban J connectivity index is 1.67. The number of pyridine rings is 1. The molecule has 2 aliphatic rings. The van der Waals surface area contributed by atoms with Crippen molar-refractivity contribution < 1.29 is 9.47 Å². The Morgan fingerprint density at radius 2 is 2.16 bits per heavy atom. The molecule has 1 aromatic rings. The summed E-state index contributed by atoms with van der Waals surface area (Å²) in [6, 6.07) is 2.01. The van der Waals surface area contributed by atoms with Gasteiger partial charge < -0.3 is 15.2 Å². The van der Waals surface area contributed by atoms with E-state index >= 15 is 0 Å². The molecule has 1 atom stereocenters. The predicted octanol–water partition coefficient (Wildman–Crippen LogP) is 2.48. The van der Waals surface area contributed by atoms with Gasteiger partial charge in [0.1, 0.15) is 0 Å². The van der Waals surface area contributed by atoms with E-state index in [0.717, 1.165) is 56.1 Å². The number of nitrogens with two attached hydrogens (primary N) is 1. The van der Waals surface area contributed by atoms with Crippen LogP contribution in [0.15, 0.2) is 23.4 Å². The first-order chi connectivity index (χ1) is 9.27. The lowest BCUT2D eigenvalue weighted by molar-refractivity contribution is -0.131. The highest BCUT2D eigenvalue weighted by atomic mass is 32.2. The molecule has 0 radical (unpaired) electrons. The van der Waals surface area contributed by atoms with Crippen molar-refractivity contribution in [2.75, 3.05) is 25.6 Å². The summed E-state index contributed by atoms with van der Waals surface area (Å²) in [5.74, 6) is 0. The van der Waals surface area contributed by atoms with Crippen LogP contribution in [0, 0.1) is 0 Å². The van der Waals surface area contributed by atoms with Crippen LogP contribution in [-0.4, -0.2) is 35.7 Å². The van der Waals surface area contributed by atoms with E-state index in [1.807, 2.05) is 24.0 Å². The minimum Gasteiger partial charge on any atom is -0.397 e. The predicted molar refractivity (Wildman–Crippen MR) is 76.3 cm³/mol. The van der Waals surface area contributed by atoms with E-state index in [1.165, 1.54) is 0 Å². The summed E-state index contributed by atoms with van der Waals surface area (Å²) in [6.45, 7) is 2.51. The molecule has 3 rings (SSSR count). The van der Waals surface area contributed by atoms with E-state index < -0.39 is 0 Å². The van der Waals surface area contributed by atoms with Gasteiger partial charge in [-0.3, -0.25) is 4.98 Å². The molecule has 3 heterocycles. The Bertz CT molecular complexity index is 430. The van der Waals surface area contributed by atoms with Gasteiger partial charge in [-0.25, -0.2) is 0 Å². The lowest BCUT2D eigenvalue weighted by atomic mass is 9.86. The maximum atomic E-state index is 6.07. The summed E-state index contributed by atoms with van der Waals surface area (Å²) in [6.07, 6.45) is 7.78. The van der Waals surface area contributed by atoms with E-state index in [-0.39, 0.29) is 5.60 Å². The second kappa shape index (κ2) is 5.69. The topological polar surface area (TPSA) is 57.4 Å². The van der Waals surface area contributed by atoms with Crippen LogP contribution in [-0.2, 0) is 9.47 Å². The van der Waals surface area contributed by atoms with Crippen molar-refractivity contribution >= 4 is 17.4 Å². The fraction of sp³-hybridized carbons (Fsp3) is 0.643. The minimum atomic E-state index is 0.0515. The first-order valence-electron chi connectivity index (χ1n) is 6.85. The van der Waals surface area contributed by atoms with Gasteiger partial charge in [0.25, 0.3) is 0 Å². The number of aromatic nitrogens is 1. The zero-order valence-electron chi connectivity index (χ0n) is 11.0. The highest BCUT2D eigenvalue weighted by Gasteiger charge is 2.39. The van der Waals surface area contributed by atoms with Crippen LogP contribution >= 0.6 is 11.8 Å². The molecule has 1 aromatic heterocycles. The Hall–Kier alpha value is -0.780. The van der Waals surface area contributed by atoms with E-state index in [1.54, 1.807) is 6.20 Å². The number of nitrogens with zero attached hydrogens (tertiary/aromatic N) is 1. The Morgan fingerprint density at radius 1 is 1.32 bits per heavy atom. The van der Waals surface area contributed by atoms with Gasteiger partial charge in [-0.15, -0.1) is 11.8 Å². The van der Waals surface area contributed by atoms with Gasteiger partial charge in [0.05, 0.1) is 17.5 Å². The normalized spacial score (nSPS) is 26.4. The van der Waals surface area contributed by atoms with Crippen LogP contribution in [0.3, 0.4) is 0 Å². The number of hydrogen-bond acceptors (Lipinski definition) is 5. The van der Waals surface area contributed by atoms with Gasteiger partial charge in [-0.05, 0) is 31.7 Å². The van der Waals surface area contributed by atoms with Crippen molar-refractivity contribution in [2.45, 2.75) is 41.4 Å². The van der Waals surface area contributed by atoms with E-state index in [0.29, 0.717) is 5.25 Å². The van der Waals surface area contributed by atoms with E-state index in [2.05, 4.69) is 4.98 Å². The van der Waals surface area contributed by atoms with Crippen LogP contribution < -0.4 is 5.73 Å². The Labute approximate surface area is 118 Å². The molecule has 0 amide bonds. The zero-order valence-corrected chi connectivity index (χ0v) is 11.8. The molecule has 5 heteroatoms. The van der Waals surface area contributed by atoms with E-state index in [4.69, 9.17) is 15.2 Å². The van der Waals surface area contributed by atoms with Gasteiger partial charge in [0.2, 0.25) is 0 Å². The summed E-state index contributed by atoms with van der Waals surface area (Å²) in [7, 11) is 0. The number of thioether (sulfide) groups is 1. The molecule has 2 fully saturated rings. The average molecular weight is 280 g/mol. The SMILES string of the molecule is Nc1cnccc1SC1CCOC2(CCOCC2)C1. The molecule has 0 aliphatic carbocycles. The fourth-order valence-electron chi connectivity index (χ4n) is 2.86. The second-order valence-corrected chi connectivity index (χ2v) is 6.63. The van der Waals surface area contributed by atoms with Gasteiger partial charge in [0, 0.05) is 36.2 Å². The van der Waals surface area contributed by atoms with E-state index in [9.17, 15) is 0 Å². The van der Waals surface area contributed by atoms with Gasteiger partial charge >= 0.3 is 0 Å². The molecule has 2 N–H and O–H groups in total. The zero-order chi connectivity index (χ0) is 13.1. The molecule has 1 spiro atoms. The third-order valence-corrected chi connectivity index (χ3v) is 5.32. The molecule has 4 nitrogen and oxygen atoms in total. The van der Waals surface area contributed by atoms with Crippen molar-refractivity contribution in [2.24, 2.45) is 0 Å². The van der Waals surface area contributed by atoms with Crippen molar-refractivity contribution in [3.63, 3.8) is 0 Å². The molecular weight excluding hydrogens is 260 g/mol. The summed E-state index contributed by atoms with van der Waals surface area (Å²) in [5, 5.41) is 0.580. The summed E-state index contributed by atoms with van der Waals surface area (Å²) in [4.78, 5) is 5.18. The third kappa shape index (κ3) is 3.04.